The van der Waals surface area contributed by atoms with Gasteiger partial charge in [-0.05, 0) is 66.4 Å². The molecule has 0 amide bonds. The van der Waals surface area contributed by atoms with Crippen LogP contribution in [0.5, 0.6) is 0 Å². The summed E-state index contributed by atoms with van der Waals surface area (Å²) in [4.78, 5) is 0. The Labute approximate surface area is 156 Å². The molecular weight excluding hydrogens is 312 g/mol. The van der Waals surface area contributed by atoms with E-state index in [-0.39, 0.29) is 10.8 Å². The maximum atomic E-state index is 2.40. The molecule has 4 aromatic rings. The smallest absolute Gasteiger partial charge is 0.00960 e. The molecule has 0 fully saturated rings. The Kier molecular flexibility index (Phi) is 3.67. The van der Waals surface area contributed by atoms with Gasteiger partial charge < -0.3 is 0 Å². The summed E-state index contributed by atoms with van der Waals surface area (Å²) in [6.07, 6.45) is 0. The topological polar surface area (TPSA) is 0 Å². The number of hydrogen-bond acceptors (Lipinski definition) is 0. The molecule has 0 aliphatic rings. The zero-order chi connectivity index (χ0) is 18.7. The molecule has 0 N–H and O–H groups in total. The number of rotatable bonds is 0. The lowest BCUT2D eigenvalue weighted by Gasteiger charge is -2.22. The van der Waals surface area contributed by atoms with Crippen molar-refractivity contribution in [2.75, 3.05) is 0 Å². The van der Waals surface area contributed by atoms with Gasteiger partial charge in [0.05, 0.1) is 0 Å². The molecule has 26 heavy (non-hydrogen) atoms. The Morgan fingerprint density at radius 1 is 0.423 bits per heavy atom. The van der Waals surface area contributed by atoms with Gasteiger partial charge in [0, 0.05) is 0 Å². The van der Waals surface area contributed by atoms with E-state index in [1.165, 1.54) is 43.4 Å². The van der Waals surface area contributed by atoms with E-state index in [0.29, 0.717) is 0 Å². The molecule has 0 saturated heterocycles. The van der Waals surface area contributed by atoms with Crippen LogP contribution in [0.1, 0.15) is 52.7 Å². The van der Waals surface area contributed by atoms with Crippen molar-refractivity contribution >= 4 is 32.3 Å². The number of hydrogen-bond donors (Lipinski definition) is 0. The Morgan fingerprint density at radius 2 is 0.769 bits per heavy atom. The fourth-order valence-electron chi connectivity index (χ4n) is 3.89. The van der Waals surface area contributed by atoms with Gasteiger partial charge in [-0.15, -0.1) is 0 Å². The van der Waals surface area contributed by atoms with Crippen molar-refractivity contribution in [1.29, 1.82) is 0 Å². The first-order chi connectivity index (χ1) is 12.2. The van der Waals surface area contributed by atoms with Crippen molar-refractivity contribution in [3.8, 4) is 0 Å². The summed E-state index contributed by atoms with van der Waals surface area (Å²) in [6.45, 7) is 13.7. The van der Waals surface area contributed by atoms with Gasteiger partial charge in [-0.25, -0.2) is 0 Å². The summed E-state index contributed by atoms with van der Waals surface area (Å²) in [5.74, 6) is 0. The molecule has 0 spiro atoms. The summed E-state index contributed by atoms with van der Waals surface area (Å²) < 4.78 is 0. The van der Waals surface area contributed by atoms with Crippen molar-refractivity contribution in [1.82, 2.24) is 0 Å². The molecule has 0 heterocycles. The molecule has 0 bridgehead atoms. The van der Waals surface area contributed by atoms with Gasteiger partial charge in [0.15, 0.2) is 0 Å². The molecule has 0 unspecified atom stereocenters. The highest BCUT2D eigenvalue weighted by Crippen LogP contribution is 2.38. The first-order valence-corrected chi connectivity index (χ1v) is 9.55. The average molecular weight is 341 g/mol. The normalized spacial score (nSPS) is 13.0. The SMILES string of the molecule is CC(C)(C)c1ccc2c3ccc(C(C)(C)C)cc3c3ccccc3c2c1. The monoisotopic (exact) mass is 340 g/mol. The predicted molar refractivity (Wildman–Crippen MR) is 116 cm³/mol. The summed E-state index contributed by atoms with van der Waals surface area (Å²) >= 11 is 0. The van der Waals surface area contributed by atoms with E-state index in [0.717, 1.165) is 0 Å². The summed E-state index contributed by atoms with van der Waals surface area (Å²) in [5.41, 5.74) is 3.09. The zero-order valence-corrected chi connectivity index (χ0v) is 16.8. The maximum Gasteiger partial charge on any atom is -0.00960 e. The first-order valence-electron chi connectivity index (χ1n) is 9.55. The van der Waals surface area contributed by atoms with E-state index in [4.69, 9.17) is 0 Å². The molecule has 0 atom stereocenters. The number of benzene rings is 4. The van der Waals surface area contributed by atoms with Crippen LogP contribution in [0.25, 0.3) is 32.3 Å². The fraction of sp³-hybridized carbons (Fsp3) is 0.308. The van der Waals surface area contributed by atoms with Gasteiger partial charge in [-0.3, -0.25) is 0 Å². The van der Waals surface area contributed by atoms with E-state index >= 15 is 0 Å². The largest absolute Gasteiger partial charge is 0.0616 e. The summed E-state index contributed by atoms with van der Waals surface area (Å²) in [6, 6.07) is 22.9. The van der Waals surface area contributed by atoms with Gasteiger partial charge in [-0.2, -0.15) is 0 Å². The van der Waals surface area contributed by atoms with Crippen LogP contribution >= 0.6 is 0 Å². The van der Waals surface area contributed by atoms with E-state index in [1.54, 1.807) is 0 Å². The highest BCUT2D eigenvalue weighted by atomic mass is 14.2. The van der Waals surface area contributed by atoms with E-state index in [9.17, 15) is 0 Å². The van der Waals surface area contributed by atoms with Gasteiger partial charge in [0.25, 0.3) is 0 Å². The molecule has 4 rings (SSSR count). The fourth-order valence-corrected chi connectivity index (χ4v) is 3.89. The molecule has 132 valence electrons. The minimum Gasteiger partial charge on any atom is -0.0616 e. The second-order valence-electron chi connectivity index (χ2n) is 9.57. The minimum absolute atomic E-state index is 0.153. The van der Waals surface area contributed by atoms with Crippen LogP contribution in [0.15, 0.2) is 60.7 Å². The Morgan fingerprint density at radius 3 is 1.12 bits per heavy atom. The van der Waals surface area contributed by atoms with Crippen molar-refractivity contribution in [2.24, 2.45) is 0 Å². The van der Waals surface area contributed by atoms with Crippen molar-refractivity contribution in [3.63, 3.8) is 0 Å². The van der Waals surface area contributed by atoms with Crippen LogP contribution in [0, 0.1) is 0 Å². The van der Waals surface area contributed by atoms with Gasteiger partial charge in [0.2, 0.25) is 0 Å². The lowest BCUT2D eigenvalue weighted by atomic mass is 9.82. The second kappa shape index (κ2) is 5.58. The van der Waals surface area contributed by atoms with Crippen LogP contribution < -0.4 is 0 Å². The third-order valence-corrected chi connectivity index (χ3v) is 5.57. The Bertz CT molecular complexity index is 1020. The van der Waals surface area contributed by atoms with Crippen LogP contribution in [0.2, 0.25) is 0 Å². The molecule has 0 aliphatic carbocycles. The average Bonchev–Trinajstić information content (AvgIpc) is 2.59. The molecule has 0 radical (unpaired) electrons. The standard InChI is InChI=1S/C26H28/c1-25(2,3)17-11-13-21-22-14-12-18(26(4,5)6)16-24(22)20-10-8-7-9-19(20)23(21)15-17/h7-16H,1-6H3. The zero-order valence-electron chi connectivity index (χ0n) is 16.8. The van der Waals surface area contributed by atoms with Crippen molar-refractivity contribution < 1.29 is 0 Å². The summed E-state index contributed by atoms with van der Waals surface area (Å²) in [7, 11) is 0. The molecule has 0 nitrogen and oxygen atoms in total. The lowest BCUT2D eigenvalue weighted by Crippen LogP contribution is -2.11. The van der Waals surface area contributed by atoms with Crippen molar-refractivity contribution in [3.05, 3.63) is 71.8 Å². The van der Waals surface area contributed by atoms with Crippen LogP contribution in [0.4, 0.5) is 0 Å². The van der Waals surface area contributed by atoms with Crippen LogP contribution in [0.3, 0.4) is 0 Å². The van der Waals surface area contributed by atoms with Crippen LogP contribution in [-0.2, 0) is 10.8 Å². The van der Waals surface area contributed by atoms with Gasteiger partial charge >= 0.3 is 0 Å². The molecule has 0 aromatic heterocycles. The lowest BCUT2D eigenvalue weighted by molar-refractivity contribution is 0.591. The van der Waals surface area contributed by atoms with Crippen molar-refractivity contribution in [2.45, 2.75) is 52.4 Å². The molecule has 0 saturated carbocycles. The van der Waals surface area contributed by atoms with E-state index in [2.05, 4.69) is 102 Å². The quantitative estimate of drug-likeness (QED) is 0.287. The highest BCUT2D eigenvalue weighted by molar-refractivity contribution is 6.25. The minimum atomic E-state index is 0.153. The van der Waals surface area contributed by atoms with E-state index in [1.807, 2.05) is 0 Å². The Balaban J connectivity index is 2.19. The summed E-state index contributed by atoms with van der Waals surface area (Å²) in [5, 5.41) is 8.15. The predicted octanol–water partition coefficient (Wildman–Crippen LogP) is 7.74. The molecule has 4 aromatic carbocycles. The van der Waals surface area contributed by atoms with Gasteiger partial charge in [0.1, 0.15) is 0 Å². The number of fused-ring (bicyclic) bond motifs is 6. The maximum absolute atomic E-state index is 2.40. The molecular formula is C26H28. The molecule has 0 heteroatoms. The molecule has 0 aliphatic heterocycles. The second-order valence-corrected chi connectivity index (χ2v) is 9.57. The highest BCUT2D eigenvalue weighted by Gasteiger charge is 2.18. The third-order valence-electron chi connectivity index (χ3n) is 5.57. The Hall–Kier alpha value is -2.34. The van der Waals surface area contributed by atoms with Crippen LogP contribution in [-0.4, -0.2) is 0 Å². The van der Waals surface area contributed by atoms with Gasteiger partial charge in [-0.1, -0.05) is 90.1 Å². The third kappa shape index (κ3) is 2.69. The first kappa shape index (κ1) is 17.1. The van der Waals surface area contributed by atoms with E-state index < -0.39 is 0 Å².